The molecule has 2 rings (SSSR count). The van der Waals surface area contributed by atoms with Crippen molar-refractivity contribution in [1.29, 1.82) is 0 Å². The maximum atomic E-state index is 5.44. The van der Waals surface area contributed by atoms with Gasteiger partial charge in [0, 0.05) is 18.6 Å². The molecule has 6 heteroatoms. The number of H-pyrrole nitrogens is 1. The maximum absolute atomic E-state index is 5.44. The minimum atomic E-state index is 0.192. The van der Waals surface area contributed by atoms with Crippen LogP contribution in [0.1, 0.15) is 32.1 Å². The first kappa shape index (κ1) is 12.5. The van der Waals surface area contributed by atoms with Gasteiger partial charge in [-0.25, -0.2) is 4.98 Å². The molecule has 1 fully saturated rings. The van der Waals surface area contributed by atoms with Crippen LogP contribution in [0.15, 0.2) is 6.33 Å². The fourth-order valence-corrected chi connectivity index (χ4v) is 2.20. The Bertz CT molecular complexity index is 310. The Morgan fingerprint density at radius 3 is 3.12 bits per heavy atom. The van der Waals surface area contributed by atoms with Crippen LogP contribution in [0.25, 0.3) is 0 Å². The lowest BCUT2D eigenvalue weighted by Crippen LogP contribution is -2.45. The number of hydrogen-bond donors (Lipinski definition) is 3. The molecule has 1 aromatic heterocycles. The van der Waals surface area contributed by atoms with E-state index in [-0.39, 0.29) is 6.04 Å². The highest BCUT2D eigenvalue weighted by Gasteiger charge is 2.18. The molecule has 0 spiro atoms. The molecule has 96 valence electrons. The lowest BCUT2D eigenvalue weighted by atomic mass is 10.1. The van der Waals surface area contributed by atoms with Crippen LogP contribution in [-0.4, -0.2) is 47.0 Å². The van der Waals surface area contributed by atoms with Gasteiger partial charge in [0.05, 0.1) is 19.3 Å². The first-order chi connectivity index (χ1) is 8.25. The SMILES string of the molecule is CC(CC1COCCN1)NC(C)c1ncn[nH]1. The Balaban J connectivity index is 1.74. The second kappa shape index (κ2) is 6.09. The van der Waals surface area contributed by atoms with Gasteiger partial charge in [-0.2, -0.15) is 5.10 Å². The van der Waals surface area contributed by atoms with Crippen LogP contribution < -0.4 is 10.6 Å². The van der Waals surface area contributed by atoms with Crippen LogP contribution in [0.3, 0.4) is 0 Å². The zero-order valence-electron chi connectivity index (χ0n) is 10.4. The second-order valence-corrected chi connectivity index (χ2v) is 4.62. The number of nitrogens with zero attached hydrogens (tertiary/aromatic N) is 2. The molecule has 0 radical (unpaired) electrons. The molecule has 0 saturated carbocycles. The number of hydrogen-bond acceptors (Lipinski definition) is 5. The van der Waals surface area contributed by atoms with E-state index in [9.17, 15) is 0 Å². The van der Waals surface area contributed by atoms with Gasteiger partial charge in [0.15, 0.2) is 0 Å². The summed E-state index contributed by atoms with van der Waals surface area (Å²) in [5.74, 6) is 0.879. The molecular formula is C11H21N5O. The highest BCUT2D eigenvalue weighted by Crippen LogP contribution is 2.09. The smallest absolute Gasteiger partial charge is 0.141 e. The van der Waals surface area contributed by atoms with Crippen molar-refractivity contribution in [2.24, 2.45) is 0 Å². The van der Waals surface area contributed by atoms with Gasteiger partial charge in [0.25, 0.3) is 0 Å². The quantitative estimate of drug-likeness (QED) is 0.685. The maximum Gasteiger partial charge on any atom is 0.141 e. The summed E-state index contributed by atoms with van der Waals surface area (Å²) in [6.45, 7) is 6.86. The normalized spacial score (nSPS) is 24.5. The predicted molar refractivity (Wildman–Crippen MR) is 64.6 cm³/mol. The van der Waals surface area contributed by atoms with Gasteiger partial charge >= 0.3 is 0 Å². The summed E-state index contributed by atoms with van der Waals surface area (Å²) in [7, 11) is 0. The summed E-state index contributed by atoms with van der Waals surface area (Å²) in [6, 6.07) is 1.06. The van der Waals surface area contributed by atoms with Crippen LogP contribution in [0.5, 0.6) is 0 Å². The number of morpholine rings is 1. The van der Waals surface area contributed by atoms with E-state index < -0.39 is 0 Å². The van der Waals surface area contributed by atoms with Crippen molar-refractivity contribution in [3.05, 3.63) is 12.2 Å². The van der Waals surface area contributed by atoms with Crippen LogP contribution in [0.2, 0.25) is 0 Å². The third-order valence-corrected chi connectivity index (χ3v) is 3.01. The fourth-order valence-electron chi connectivity index (χ4n) is 2.20. The standard InChI is InChI=1S/C11H21N5O/c1-8(5-10-6-17-4-3-12-10)15-9(2)11-13-7-14-16-11/h7-10,12,15H,3-6H2,1-2H3,(H,13,14,16). The summed E-state index contributed by atoms with van der Waals surface area (Å²) in [5.41, 5.74) is 0. The fraction of sp³-hybridized carbons (Fsp3) is 0.818. The number of aromatic nitrogens is 3. The summed E-state index contributed by atoms with van der Waals surface area (Å²) in [6.07, 6.45) is 2.59. The van der Waals surface area contributed by atoms with E-state index in [4.69, 9.17) is 4.74 Å². The van der Waals surface area contributed by atoms with Gasteiger partial charge < -0.3 is 15.4 Å². The Morgan fingerprint density at radius 1 is 1.59 bits per heavy atom. The van der Waals surface area contributed by atoms with Crippen molar-refractivity contribution in [3.63, 3.8) is 0 Å². The van der Waals surface area contributed by atoms with Crippen LogP contribution in [-0.2, 0) is 4.74 Å². The molecule has 17 heavy (non-hydrogen) atoms. The molecule has 0 amide bonds. The number of ether oxygens (including phenoxy) is 1. The van der Waals surface area contributed by atoms with Gasteiger partial charge in [0.2, 0.25) is 0 Å². The zero-order chi connectivity index (χ0) is 12.1. The molecule has 0 bridgehead atoms. The van der Waals surface area contributed by atoms with Crippen LogP contribution in [0.4, 0.5) is 0 Å². The van der Waals surface area contributed by atoms with Crippen LogP contribution >= 0.6 is 0 Å². The van der Waals surface area contributed by atoms with Gasteiger partial charge in [-0.1, -0.05) is 0 Å². The molecule has 0 aromatic carbocycles. The summed E-state index contributed by atoms with van der Waals surface area (Å²) in [4.78, 5) is 4.15. The molecule has 3 atom stereocenters. The molecule has 6 nitrogen and oxygen atoms in total. The Labute approximate surface area is 102 Å². The first-order valence-electron chi connectivity index (χ1n) is 6.18. The van der Waals surface area contributed by atoms with E-state index in [1.165, 1.54) is 6.33 Å². The minimum Gasteiger partial charge on any atom is -0.379 e. The van der Waals surface area contributed by atoms with Gasteiger partial charge in [-0.3, -0.25) is 5.10 Å². The molecule has 3 N–H and O–H groups in total. The van der Waals surface area contributed by atoms with E-state index in [0.29, 0.717) is 12.1 Å². The van der Waals surface area contributed by atoms with Gasteiger partial charge in [0.1, 0.15) is 12.2 Å². The molecule has 1 aromatic rings. The van der Waals surface area contributed by atoms with Gasteiger partial charge in [-0.05, 0) is 20.3 Å². The average Bonchev–Trinajstić information content (AvgIpc) is 2.83. The van der Waals surface area contributed by atoms with Crippen molar-refractivity contribution >= 4 is 0 Å². The lowest BCUT2D eigenvalue weighted by Gasteiger charge is -2.27. The first-order valence-corrected chi connectivity index (χ1v) is 6.18. The third-order valence-electron chi connectivity index (χ3n) is 3.01. The monoisotopic (exact) mass is 239 g/mol. The summed E-state index contributed by atoms with van der Waals surface area (Å²) >= 11 is 0. The van der Waals surface area contributed by atoms with E-state index >= 15 is 0 Å². The number of rotatable bonds is 5. The van der Waals surface area contributed by atoms with Crippen molar-refractivity contribution in [2.75, 3.05) is 19.8 Å². The van der Waals surface area contributed by atoms with Crippen molar-refractivity contribution in [2.45, 2.75) is 38.4 Å². The summed E-state index contributed by atoms with van der Waals surface area (Å²) < 4.78 is 5.44. The highest BCUT2D eigenvalue weighted by molar-refractivity contribution is 4.90. The molecule has 3 unspecified atom stereocenters. The topological polar surface area (TPSA) is 74.9 Å². The molecular weight excluding hydrogens is 218 g/mol. The lowest BCUT2D eigenvalue weighted by molar-refractivity contribution is 0.0708. The minimum absolute atomic E-state index is 0.192. The Morgan fingerprint density at radius 2 is 2.47 bits per heavy atom. The predicted octanol–water partition coefficient (Wildman–Crippen LogP) is 0.222. The highest BCUT2D eigenvalue weighted by atomic mass is 16.5. The average molecular weight is 239 g/mol. The van der Waals surface area contributed by atoms with Crippen molar-refractivity contribution in [1.82, 2.24) is 25.8 Å². The van der Waals surface area contributed by atoms with Crippen molar-refractivity contribution < 1.29 is 4.74 Å². The third kappa shape index (κ3) is 3.76. The second-order valence-electron chi connectivity index (χ2n) is 4.62. The van der Waals surface area contributed by atoms with E-state index in [1.54, 1.807) is 0 Å². The largest absolute Gasteiger partial charge is 0.379 e. The van der Waals surface area contributed by atoms with E-state index in [0.717, 1.165) is 32.0 Å². The molecule has 1 aliphatic rings. The zero-order valence-corrected chi connectivity index (χ0v) is 10.4. The summed E-state index contributed by atoms with van der Waals surface area (Å²) in [5, 5.41) is 13.7. The van der Waals surface area contributed by atoms with Crippen molar-refractivity contribution in [3.8, 4) is 0 Å². The molecule has 1 saturated heterocycles. The van der Waals surface area contributed by atoms with E-state index in [1.807, 2.05) is 0 Å². The van der Waals surface area contributed by atoms with Crippen LogP contribution in [0, 0.1) is 0 Å². The molecule has 2 heterocycles. The number of aromatic amines is 1. The Kier molecular flexibility index (Phi) is 4.47. The van der Waals surface area contributed by atoms with E-state index in [2.05, 4.69) is 39.7 Å². The molecule has 0 aliphatic carbocycles. The molecule has 1 aliphatic heterocycles. The van der Waals surface area contributed by atoms with Gasteiger partial charge in [-0.15, -0.1) is 0 Å². The Hall–Kier alpha value is -0.980. The number of nitrogens with one attached hydrogen (secondary N) is 3.